The van der Waals surface area contributed by atoms with Crippen LogP contribution < -0.4 is 10.5 Å². The van der Waals surface area contributed by atoms with Crippen molar-refractivity contribution < 1.29 is 22.3 Å². The van der Waals surface area contributed by atoms with E-state index in [9.17, 15) is 17.6 Å². The molecule has 9 heteroatoms. The first-order valence-corrected chi connectivity index (χ1v) is 5.48. The van der Waals surface area contributed by atoms with E-state index in [4.69, 9.17) is 15.9 Å². The quantitative estimate of drug-likeness (QED) is 0.518. The summed E-state index contributed by atoms with van der Waals surface area (Å²) in [6, 6.07) is 2.20. The highest BCUT2D eigenvalue weighted by Crippen LogP contribution is 2.34. The van der Waals surface area contributed by atoms with Crippen molar-refractivity contribution in [1.82, 2.24) is 9.97 Å². The fourth-order valence-electron chi connectivity index (χ4n) is 1.41. The number of amidine groups is 1. The first-order chi connectivity index (χ1) is 9.77. The molecule has 0 amide bonds. The van der Waals surface area contributed by atoms with Crippen LogP contribution in [-0.4, -0.2) is 15.8 Å². The zero-order valence-electron chi connectivity index (χ0n) is 10.3. The molecule has 1 aromatic carbocycles. The summed E-state index contributed by atoms with van der Waals surface area (Å²) in [6.45, 7) is 0. The zero-order valence-corrected chi connectivity index (χ0v) is 10.3. The third-order valence-corrected chi connectivity index (χ3v) is 2.37. The van der Waals surface area contributed by atoms with Crippen LogP contribution >= 0.6 is 0 Å². The van der Waals surface area contributed by atoms with E-state index in [1.807, 2.05) is 0 Å². The van der Waals surface area contributed by atoms with E-state index in [2.05, 4.69) is 9.97 Å². The number of hydrogen-bond donors (Lipinski definition) is 2. The fourth-order valence-corrected chi connectivity index (χ4v) is 1.41. The Kier molecular flexibility index (Phi) is 3.74. The van der Waals surface area contributed by atoms with Crippen LogP contribution in [0.2, 0.25) is 0 Å². The summed E-state index contributed by atoms with van der Waals surface area (Å²) in [4.78, 5) is 7.46. The van der Waals surface area contributed by atoms with Crippen LogP contribution in [-0.2, 0) is 6.18 Å². The molecule has 2 rings (SSSR count). The van der Waals surface area contributed by atoms with Gasteiger partial charge in [-0.25, -0.2) is 14.4 Å². The van der Waals surface area contributed by atoms with Crippen LogP contribution in [0.4, 0.5) is 17.6 Å². The average Bonchev–Trinajstić information content (AvgIpc) is 2.40. The van der Waals surface area contributed by atoms with Crippen LogP contribution in [0.25, 0.3) is 0 Å². The number of hydrogen-bond acceptors (Lipinski definition) is 4. The summed E-state index contributed by atoms with van der Waals surface area (Å²) < 4.78 is 55.8. The Morgan fingerprint density at radius 3 is 2.43 bits per heavy atom. The molecule has 0 aliphatic carbocycles. The van der Waals surface area contributed by atoms with Crippen molar-refractivity contribution in [3.05, 3.63) is 47.7 Å². The lowest BCUT2D eigenvalue weighted by molar-refractivity contribution is -0.140. The molecule has 0 aliphatic rings. The molecular weight excluding hydrogens is 292 g/mol. The molecule has 0 unspecified atom stereocenters. The minimum atomic E-state index is -4.83. The number of ether oxygens (including phenoxy) is 1. The number of rotatable bonds is 3. The smallest absolute Gasteiger partial charge is 0.419 e. The van der Waals surface area contributed by atoms with Crippen LogP contribution in [0, 0.1) is 11.2 Å². The number of halogens is 4. The third-order valence-electron chi connectivity index (χ3n) is 2.37. The van der Waals surface area contributed by atoms with Gasteiger partial charge < -0.3 is 10.5 Å². The molecule has 5 nitrogen and oxygen atoms in total. The average molecular weight is 300 g/mol. The Balaban J connectivity index is 2.26. The normalized spacial score (nSPS) is 11.2. The predicted octanol–water partition coefficient (Wildman–Crippen LogP) is 2.71. The van der Waals surface area contributed by atoms with Crippen LogP contribution in [0.5, 0.6) is 11.6 Å². The first kappa shape index (κ1) is 14.7. The summed E-state index contributed by atoms with van der Waals surface area (Å²) in [5.74, 6) is -2.06. The number of nitrogen functional groups attached to an aromatic ring is 1. The van der Waals surface area contributed by atoms with Crippen molar-refractivity contribution in [2.24, 2.45) is 5.73 Å². The number of aromatic nitrogens is 2. The van der Waals surface area contributed by atoms with Gasteiger partial charge in [-0.3, -0.25) is 5.41 Å². The topological polar surface area (TPSA) is 84.9 Å². The largest absolute Gasteiger partial charge is 0.437 e. The Morgan fingerprint density at radius 1 is 1.19 bits per heavy atom. The van der Waals surface area contributed by atoms with Crippen molar-refractivity contribution in [3.63, 3.8) is 0 Å². The summed E-state index contributed by atoms with van der Waals surface area (Å²) in [7, 11) is 0. The van der Waals surface area contributed by atoms with Gasteiger partial charge in [-0.2, -0.15) is 13.2 Å². The van der Waals surface area contributed by atoms with E-state index in [1.165, 1.54) is 0 Å². The second-order valence-electron chi connectivity index (χ2n) is 3.90. The van der Waals surface area contributed by atoms with Gasteiger partial charge in [0.25, 0.3) is 0 Å². The van der Waals surface area contributed by atoms with Crippen LogP contribution in [0.3, 0.4) is 0 Å². The van der Waals surface area contributed by atoms with Gasteiger partial charge in [0.1, 0.15) is 23.1 Å². The van der Waals surface area contributed by atoms with Crippen molar-refractivity contribution in [2.45, 2.75) is 6.18 Å². The van der Waals surface area contributed by atoms with E-state index >= 15 is 0 Å². The summed E-state index contributed by atoms with van der Waals surface area (Å²) in [5.41, 5.74) is 3.83. The molecule has 21 heavy (non-hydrogen) atoms. The number of nitrogens with two attached hydrogens (primary N) is 1. The van der Waals surface area contributed by atoms with Gasteiger partial charge in [-0.05, 0) is 18.2 Å². The highest BCUT2D eigenvalue weighted by Gasteiger charge is 2.34. The van der Waals surface area contributed by atoms with Crippen molar-refractivity contribution in [3.8, 4) is 11.6 Å². The van der Waals surface area contributed by atoms with Crippen LogP contribution in [0.15, 0.2) is 30.6 Å². The van der Waals surface area contributed by atoms with E-state index in [0.29, 0.717) is 12.1 Å². The molecule has 0 saturated carbocycles. The molecule has 0 spiro atoms. The summed E-state index contributed by atoms with van der Waals surface area (Å²) in [5, 5.41) is 7.12. The summed E-state index contributed by atoms with van der Waals surface area (Å²) >= 11 is 0. The van der Waals surface area contributed by atoms with Crippen molar-refractivity contribution >= 4 is 5.84 Å². The van der Waals surface area contributed by atoms with E-state index in [-0.39, 0.29) is 23.2 Å². The lowest BCUT2D eigenvalue weighted by atomic mass is 10.2. The maximum absolute atomic E-state index is 13.1. The number of nitrogens with one attached hydrogen (secondary N) is 1. The minimum absolute atomic E-state index is 0.0948. The molecule has 110 valence electrons. The van der Waals surface area contributed by atoms with Crippen molar-refractivity contribution in [1.29, 1.82) is 5.41 Å². The van der Waals surface area contributed by atoms with E-state index in [0.717, 1.165) is 18.5 Å². The number of alkyl halides is 3. The molecule has 0 fully saturated rings. The predicted molar refractivity (Wildman–Crippen MR) is 64.5 cm³/mol. The molecule has 0 atom stereocenters. The monoisotopic (exact) mass is 300 g/mol. The number of nitrogens with zero attached hydrogens (tertiary/aromatic N) is 2. The molecule has 3 N–H and O–H groups in total. The molecule has 0 bridgehead atoms. The molecule has 1 heterocycles. The van der Waals surface area contributed by atoms with E-state index in [1.54, 1.807) is 0 Å². The van der Waals surface area contributed by atoms with E-state index < -0.39 is 17.6 Å². The fraction of sp³-hybridized carbons (Fsp3) is 0.0833. The maximum Gasteiger partial charge on any atom is 0.419 e. The van der Waals surface area contributed by atoms with Gasteiger partial charge in [0, 0.05) is 0 Å². The van der Waals surface area contributed by atoms with Gasteiger partial charge in [-0.1, -0.05) is 0 Å². The second kappa shape index (κ2) is 5.35. The molecule has 0 aliphatic heterocycles. The van der Waals surface area contributed by atoms with Gasteiger partial charge in [0.15, 0.2) is 0 Å². The SMILES string of the molecule is N=C(N)c1cnc(Oc2ccc(F)c(C(F)(F)F)c2)cn1. The molecule has 0 radical (unpaired) electrons. The Bertz CT molecular complexity index is 670. The lowest BCUT2D eigenvalue weighted by Gasteiger charge is -2.10. The second-order valence-corrected chi connectivity index (χ2v) is 3.90. The molecule has 2 aromatic rings. The lowest BCUT2D eigenvalue weighted by Crippen LogP contribution is -2.13. The standard InChI is InChI=1S/C12H8F4N4O/c13-8-2-1-6(3-7(8)12(14,15)16)21-10-5-19-9(4-20-10)11(17)18/h1-5H,(H3,17,18). The van der Waals surface area contributed by atoms with Crippen LogP contribution in [0.1, 0.15) is 11.3 Å². The van der Waals surface area contributed by atoms with Gasteiger partial charge in [0.05, 0.1) is 18.0 Å². The van der Waals surface area contributed by atoms with Gasteiger partial charge >= 0.3 is 6.18 Å². The zero-order chi connectivity index (χ0) is 15.6. The minimum Gasteiger partial charge on any atom is -0.437 e. The molecular formula is C12H8F4N4O. The molecule has 0 saturated heterocycles. The van der Waals surface area contributed by atoms with Gasteiger partial charge in [0.2, 0.25) is 5.88 Å². The highest BCUT2D eigenvalue weighted by molar-refractivity contribution is 5.92. The number of benzene rings is 1. The summed E-state index contributed by atoms with van der Waals surface area (Å²) in [6.07, 6.45) is -2.60. The Hall–Kier alpha value is -2.71. The van der Waals surface area contributed by atoms with Crippen molar-refractivity contribution in [2.75, 3.05) is 0 Å². The third kappa shape index (κ3) is 3.44. The highest BCUT2D eigenvalue weighted by atomic mass is 19.4. The first-order valence-electron chi connectivity index (χ1n) is 5.48. The Labute approximate surface area is 115 Å². The van der Waals surface area contributed by atoms with Gasteiger partial charge in [-0.15, -0.1) is 0 Å². The molecule has 1 aromatic heterocycles. The maximum atomic E-state index is 13.1. The Morgan fingerprint density at radius 2 is 1.90 bits per heavy atom.